The first-order valence-corrected chi connectivity index (χ1v) is 10.8. The van der Waals surface area contributed by atoms with Crippen LogP contribution in [-0.2, 0) is 0 Å². The molecule has 0 atom stereocenters. The highest BCUT2D eigenvalue weighted by Crippen LogP contribution is 2.32. The first kappa shape index (κ1) is 20.8. The molecule has 1 saturated carbocycles. The van der Waals surface area contributed by atoms with Gasteiger partial charge in [-0.1, -0.05) is 36.4 Å². The molecule has 0 radical (unpaired) electrons. The Morgan fingerprint density at radius 2 is 1.84 bits per heavy atom. The zero-order valence-electron chi connectivity index (χ0n) is 17.3. The molecule has 2 aliphatic rings. The number of H-pyrrole nitrogens is 2. The van der Waals surface area contributed by atoms with E-state index in [0.29, 0.717) is 18.9 Å². The van der Waals surface area contributed by atoms with Crippen LogP contribution in [0.5, 0.6) is 0 Å². The van der Waals surface area contributed by atoms with Gasteiger partial charge in [-0.3, -0.25) is 19.6 Å². The number of benzene rings is 1. The van der Waals surface area contributed by atoms with Crippen LogP contribution >= 0.6 is 0 Å². The van der Waals surface area contributed by atoms with Crippen LogP contribution in [0.4, 0.5) is 5.69 Å². The van der Waals surface area contributed by atoms with Crippen molar-refractivity contribution in [3.05, 3.63) is 74.2 Å². The summed E-state index contributed by atoms with van der Waals surface area (Å²) in [4.78, 5) is 45.9. The Balaban J connectivity index is 1.39. The Morgan fingerprint density at radius 1 is 1.06 bits per heavy atom. The van der Waals surface area contributed by atoms with Gasteiger partial charge in [0.1, 0.15) is 11.4 Å². The average Bonchev–Trinajstić information content (AvgIpc) is 3.29. The molecule has 2 aromatic rings. The van der Waals surface area contributed by atoms with Crippen molar-refractivity contribution >= 4 is 17.8 Å². The normalized spacial score (nSPS) is 20.3. The maximum atomic E-state index is 12.9. The van der Waals surface area contributed by atoms with E-state index in [-0.39, 0.29) is 17.4 Å². The number of nitrogens with zero attached hydrogens (tertiary/aromatic N) is 1. The number of allylic oxidation sites excluding steroid dienone is 1. The number of hydrogen-bond donors (Lipinski definition) is 4. The third kappa shape index (κ3) is 5.20. The predicted molar refractivity (Wildman–Crippen MR) is 121 cm³/mol. The molecule has 1 aromatic heterocycles. The van der Waals surface area contributed by atoms with E-state index >= 15 is 0 Å². The number of aliphatic imine (C=N–C) groups is 1. The van der Waals surface area contributed by atoms with Crippen molar-refractivity contribution in [2.24, 2.45) is 4.99 Å². The number of aromatic amines is 2. The summed E-state index contributed by atoms with van der Waals surface area (Å²) in [6, 6.07) is 10.4. The lowest BCUT2D eigenvalue weighted by atomic mass is 9.82. The van der Waals surface area contributed by atoms with Gasteiger partial charge in [-0.05, 0) is 37.2 Å². The maximum Gasteiger partial charge on any atom is 0.326 e. The maximum absolute atomic E-state index is 12.9. The molecule has 0 saturated heterocycles. The fourth-order valence-corrected chi connectivity index (χ4v) is 4.27. The molecular formula is C23H27N5O3. The van der Waals surface area contributed by atoms with Crippen molar-refractivity contribution in [3.8, 4) is 0 Å². The van der Waals surface area contributed by atoms with Crippen LogP contribution in [0.2, 0.25) is 0 Å². The van der Waals surface area contributed by atoms with E-state index in [1.807, 2.05) is 18.4 Å². The Bertz CT molecular complexity index is 1090. The molecule has 4 rings (SSSR count). The number of amides is 1. The summed E-state index contributed by atoms with van der Waals surface area (Å²) in [5, 5.41) is 5.99. The van der Waals surface area contributed by atoms with Gasteiger partial charge in [-0.25, -0.2) is 4.79 Å². The fourth-order valence-electron chi connectivity index (χ4n) is 4.27. The number of anilines is 1. The summed E-state index contributed by atoms with van der Waals surface area (Å²) in [5.74, 6) is 0.0606. The van der Waals surface area contributed by atoms with E-state index in [2.05, 4.69) is 49.9 Å². The molecule has 1 fully saturated rings. The van der Waals surface area contributed by atoms with E-state index in [9.17, 15) is 14.4 Å². The summed E-state index contributed by atoms with van der Waals surface area (Å²) in [6.45, 7) is 0.431. The Morgan fingerprint density at radius 3 is 2.55 bits per heavy atom. The Labute approximate surface area is 179 Å². The van der Waals surface area contributed by atoms with Crippen molar-refractivity contribution in [2.45, 2.75) is 50.5 Å². The highest BCUT2D eigenvalue weighted by molar-refractivity contribution is 5.97. The predicted octanol–water partition coefficient (Wildman–Crippen LogP) is 2.68. The van der Waals surface area contributed by atoms with E-state index in [4.69, 9.17) is 0 Å². The highest BCUT2D eigenvalue weighted by Gasteiger charge is 2.25. The van der Waals surface area contributed by atoms with Gasteiger partial charge < -0.3 is 15.6 Å². The molecule has 1 amide bonds. The summed E-state index contributed by atoms with van der Waals surface area (Å²) in [5.41, 5.74) is 1.02. The number of hydrogen-bond acceptors (Lipinski definition) is 5. The van der Waals surface area contributed by atoms with Gasteiger partial charge in [0.05, 0.1) is 0 Å². The first-order valence-electron chi connectivity index (χ1n) is 10.8. The minimum Gasteiger partial charge on any atom is -0.378 e. The van der Waals surface area contributed by atoms with Crippen molar-refractivity contribution < 1.29 is 4.79 Å². The van der Waals surface area contributed by atoms with Gasteiger partial charge in [0, 0.05) is 37.3 Å². The molecular weight excluding hydrogens is 394 g/mol. The lowest BCUT2D eigenvalue weighted by molar-refractivity contribution is 0.0921. The molecule has 0 spiro atoms. The van der Waals surface area contributed by atoms with Crippen LogP contribution in [0, 0.1) is 0 Å². The quantitative estimate of drug-likeness (QED) is 0.549. The average molecular weight is 422 g/mol. The molecule has 4 N–H and O–H groups in total. The van der Waals surface area contributed by atoms with Crippen LogP contribution in [0.25, 0.3) is 0 Å². The molecule has 1 aliphatic carbocycles. The van der Waals surface area contributed by atoms with Crippen LogP contribution in [0.1, 0.15) is 60.5 Å². The monoisotopic (exact) mass is 421 g/mol. The number of rotatable bonds is 7. The topological polar surface area (TPSA) is 119 Å². The number of carbonyl (C=O) groups is 1. The van der Waals surface area contributed by atoms with Gasteiger partial charge in [0.2, 0.25) is 0 Å². The molecule has 0 bridgehead atoms. The van der Waals surface area contributed by atoms with E-state index in [1.54, 1.807) is 0 Å². The molecule has 0 unspecified atom stereocenters. The summed E-state index contributed by atoms with van der Waals surface area (Å²) in [7, 11) is 0. The Hall–Kier alpha value is -3.42. The number of aromatic nitrogens is 2. The van der Waals surface area contributed by atoms with Crippen molar-refractivity contribution in [3.63, 3.8) is 0 Å². The lowest BCUT2D eigenvalue weighted by Gasteiger charge is -2.29. The van der Waals surface area contributed by atoms with Gasteiger partial charge in [-0.15, -0.1) is 0 Å². The van der Waals surface area contributed by atoms with Crippen LogP contribution in [-0.4, -0.2) is 34.7 Å². The molecule has 1 aromatic carbocycles. The molecule has 2 heterocycles. The summed E-state index contributed by atoms with van der Waals surface area (Å²) < 4.78 is 0. The lowest BCUT2D eigenvalue weighted by Crippen LogP contribution is -2.40. The zero-order chi connectivity index (χ0) is 21.6. The second-order valence-electron chi connectivity index (χ2n) is 8.01. The first-order chi connectivity index (χ1) is 15.1. The summed E-state index contributed by atoms with van der Waals surface area (Å²) in [6.07, 6.45) is 8.96. The molecule has 8 heteroatoms. The van der Waals surface area contributed by atoms with E-state index in [0.717, 1.165) is 37.8 Å². The fraction of sp³-hybridized carbons (Fsp3) is 0.391. The molecule has 1 aliphatic heterocycles. The highest BCUT2D eigenvalue weighted by atomic mass is 16.2. The minimum absolute atomic E-state index is 0.0149. The Kier molecular flexibility index (Phi) is 6.45. The molecule has 162 valence electrons. The van der Waals surface area contributed by atoms with Gasteiger partial charge in [0.25, 0.3) is 11.5 Å². The second kappa shape index (κ2) is 9.59. The smallest absolute Gasteiger partial charge is 0.326 e. The second-order valence-corrected chi connectivity index (χ2v) is 8.01. The van der Waals surface area contributed by atoms with Crippen molar-refractivity contribution in [1.29, 1.82) is 0 Å². The van der Waals surface area contributed by atoms with Gasteiger partial charge in [-0.2, -0.15) is 0 Å². The molecule has 31 heavy (non-hydrogen) atoms. The van der Waals surface area contributed by atoms with Gasteiger partial charge >= 0.3 is 5.69 Å². The van der Waals surface area contributed by atoms with E-state index < -0.39 is 17.2 Å². The molecule has 8 nitrogen and oxygen atoms in total. The van der Waals surface area contributed by atoms with Crippen LogP contribution in [0.3, 0.4) is 0 Å². The summed E-state index contributed by atoms with van der Waals surface area (Å²) >= 11 is 0. The van der Waals surface area contributed by atoms with Crippen molar-refractivity contribution in [1.82, 2.24) is 15.3 Å². The van der Waals surface area contributed by atoms with Crippen molar-refractivity contribution in [2.75, 3.05) is 11.9 Å². The number of nitrogens with one attached hydrogen (secondary N) is 4. The van der Waals surface area contributed by atoms with Crippen LogP contribution in [0.15, 0.2) is 56.7 Å². The third-order valence-corrected chi connectivity index (χ3v) is 5.90. The third-order valence-electron chi connectivity index (χ3n) is 5.90. The minimum atomic E-state index is -0.698. The number of carbonyl (C=O) groups excluding carboxylic acids is 1. The standard InChI is InChI=1S/C23H27N5O3/c29-21-19(25-14-12-17-7-4-13-24-17)20(27-23(31)28-21)22(30)26-18-10-8-16(9-11-18)15-5-2-1-3-6-15/h1-3,5-7,13,16,18,25H,4,8-12,14H2,(H,26,30)(H2,27,28,29,31). The van der Waals surface area contributed by atoms with E-state index in [1.165, 1.54) is 5.56 Å². The largest absolute Gasteiger partial charge is 0.378 e. The zero-order valence-corrected chi connectivity index (χ0v) is 17.3. The van der Waals surface area contributed by atoms with Crippen LogP contribution < -0.4 is 21.9 Å². The SMILES string of the molecule is O=C(NC1CCC(c2ccccc2)CC1)c1[nH]c(=O)[nH]c(=O)c1NCCC1=CCC=N1. The van der Waals surface area contributed by atoms with Gasteiger partial charge in [0.15, 0.2) is 0 Å².